The molecule has 0 bridgehead atoms. The van der Waals surface area contributed by atoms with Gasteiger partial charge in [-0.25, -0.2) is 0 Å². The molecule has 102 valence electrons. The van der Waals surface area contributed by atoms with Crippen LogP contribution in [0.25, 0.3) is 0 Å². The lowest BCUT2D eigenvalue weighted by molar-refractivity contribution is -0.131. The van der Waals surface area contributed by atoms with Gasteiger partial charge in [0.15, 0.2) is 0 Å². The summed E-state index contributed by atoms with van der Waals surface area (Å²) >= 11 is 0. The topological polar surface area (TPSA) is 23.6 Å². The minimum absolute atomic E-state index is 0. The highest BCUT2D eigenvalue weighted by atomic mass is 35.5. The molecule has 0 heterocycles. The van der Waals surface area contributed by atoms with Gasteiger partial charge < -0.3 is 4.90 Å². The second-order valence-corrected chi connectivity index (χ2v) is 4.47. The molecular formula is C14H23ClN2O. The van der Waals surface area contributed by atoms with E-state index in [-0.39, 0.29) is 18.3 Å². The van der Waals surface area contributed by atoms with Gasteiger partial charge in [-0.15, -0.1) is 12.4 Å². The molecule has 1 aromatic rings. The van der Waals surface area contributed by atoms with E-state index in [1.165, 1.54) is 5.56 Å². The summed E-state index contributed by atoms with van der Waals surface area (Å²) in [4.78, 5) is 15.8. The molecule has 0 aromatic heterocycles. The fraction of sp³-hybridized carbons (Fsp3) is 0.500. The Hall–Kier alpha value is -1.06. The zero-order valence-electron chi connectivity index (χ0n) is 11.4. The maximum absolute atomic E-state index is 11.9. The third kappa shape index (κ3) is 6.03. The molecule has 0 aliphatic rings. The van der Waals surface area contributed by atoms with Crippen LogP contribution in [-0.2, 0) is 11.3 Å². The summed E-state index contributed by atoms with van der Waals surface area (Å²) in [7, 11) is 3.84. The van der Waals surface area contributed by atoms with Gasteiger partial charge in [0.25, 0.3) is 0 Å². The first-order valence-electron chi connectivity index (χ1n) is 6.10. The molecule has 0 saturated carbocycles. The minimum atomic E-state index is 0. The van der Waals surface area contributed by atoms with Crippen LogP contribution in [0, 0.1) is 0 Å². The Labute approximate surface area is 116 Å². The molecule has 18 heavy (non-hydrogen) atoms. The molecule has 0 aliphatic carbocycles. The predicted molar refractivity (Wildman–Crippen MR) is 78.0 cm³/mol. The van der Waals surface area contributed by atoms with E-state index in [0.717, 1.165) is 13.0 Å². The van der Waals surface area contributed by atoms with Crippen LogP contribution in [0.5, 0.6) is 0 Å². The Balaban J connectivity index is 0.00000289. The van der Waals surface area contributed by atoms with Gasteiger partial charge in [-0.2, -0.15) is 0 Å². The summed E-state index contributed by atoms with van der Waals surface area (Å²) < 4.78 is 0. The molecule has 0 atom stereocenters. The van der Waals surface area contributed by atoms with Crippen LogP contribution in [0.4, 0.5) is 0 Å². The van der Waals surface area contributed by atoms with Crippen LogP contribution >= 0.6 is 12.4 Å². The zero-order chi connectivity index (χ0) is 12.7. The summed E-state index contributed by atoms with van der Waals surface area (Å²) in [6, 6.07) is 10.1. The number of carbonyl (C=O) groups excluding carboxylic acids is 1. The van der Waals surface area contributed by atoms with Crippen LogP contribution in [0.2, 0.25) is 0 Å². The van der Waals surface area contributed by atoms with Gasteiger partial charge in [0.2, 0.25) is 5.91 Å². The van der Waals surface area contributed by atoms with E-state index < -0.39 is 0 Å². The van der Waals surface area contributed by atoms with Gasteiger partial charge in [0, 0.05) is 13.6 Å². The van der Waals surface area contributed by atoms with E-state index in [4.69, 9.17) is 0 Å². The highest BCUT2D eigenvalue weighted by molar-refractivity contribution is 5.85. The molecule has 0 spiro atoms. The first kappa shape index (κ1) is 16.9. The molecule has 0 fully saturated rings. The molecule has 0 radical (unpaired) electrons. The molecule has 4 heteroatoms. The highest BCUT2D eigenvalue weighted by Gasteiger charge is 2.11. The van der Waals surface area contributed by atoms with Crippen molar-refractivity contribution in [3.05, 3.63) is 35.9 Å². The number of halogens is 1. The first-order valence-corrected chi connectivity index (χ1v) is 6.10. The maximum Gasteiger partial charge on any atom is 0.236 e. The van der Waals surface area contributed by atoms with Crippen LogP contribution in [-0.4, -0.2) is 42.9 Å². The molecule has 1 rings (SSSR count). The fourth-order valence-electron chi connectivity index (χ4n) is 1.76. The summed E-state index contributed by atoms with van der Waals surface area (Å²) in [6.07, 6.45) is 1.08. The van der Waals surface area contributed by atoms with Crippen LogP contribution in [0.15, 0.2) is 30.3 Å². The van der Waals surface area contributed by atoms with Crippen molar-refractivity contribution in [3.8, 4) is 0 Å². The van der Waals surface area contributed by atoms with E-state index in [0.29, 0.717) is 13.1 Å². The predicted octanol–water partition coefficient (Wildman–Crippen LogP) is 2.41. The molecule has 0 N–H and O–H groups in total. The van der Waals surface area contributed by atoms with Crippen LogP contribution in [0.1, 0.15) is 18.9 Å². The second kappa shape index (κ2) is 8.95. The average molecular weight is 271 g/mol. The first-order chi connectivity index (χ1) is 8.13. The lowest BCUT2D eigenvalue weighted by Crippen LogP contribution is -2.36. The number of likely N-dealkylation sites (N-methyl/N-ethyl adjacent to an activating group) is 2. The Morgan fingerprint density at radius 2 is 1.78 bits per heavy atom. The van der Waals surface area contributed by atoms with Crippen LogP contribution in [0.3, 0.4) is 0 Å². The molecule has 0 aliphatic heterocycles. The molecule has 0 unspecified atom stereocenters. The van der Waals surface area contributed by atoms with E-state index in [2.05, 4.69) is 11.8 Å². The standard InChI is InChI=1S/C14H22N2O.ClH/c1-4-10-15(2)12-14(17)16(3)11-13-8-6-5-7-9-13;/h5-9H,4,10-12H2,1-3H3;1H. The summed E-state index contributed by atoms with van der Waals surface area (Å²) in [5, 5.41) is 0. The van der Waals surface area contributed by atoms with Crippen molar-refractivity contribution in [3.63, 3.8) is 0 Å². The van der Waals surface area contributed by atoms with Gasteiger partial charge in [0.05, 0.1) is 6.54 Å². The number of carbonyl (C=O) groups is 1. The number of nitrogens with zero attached hydrogens (tertiary/aromatic N) is 2. The third-order valence-corrected chi connectivity index (χ3v) is 2.70. The highest BCUT2D eigenvalue weighted by Crippen LogP contribution is 2.03. The quantitative estimate of drug-likeness (QED) is 0.793. The third-order valence-electron chi connectivity index (χ3n) is 2.70. The van der Waals surface area contributed by atoms with Gasteiger partial charge in [-0.05, 0) is 25.6 Å². The van der Waals surface area contributed by atoms with Crippen molar-refractivity contribution in [1.29, 1.82) is 0 Å². The van der Waals surface area contributed by atoms with Crippen LogP contribution < -0.4 is 0 Å². The van der Waals surface area contributed by atoms with Crippen molar-refractivity contribution in [2.75, 3.05) is 27.2 Å². The van der Waals surface area contributed by atoms with E-state index >= 15 is 0 Å². The van der Waals surface area contributed by atoms with E-state index in [1.54, 1.807) is 4.90 Å². The van der Waals surface area contributed by atoms with Crippen molar-refractivity contribution in [2.45, 2.75) is 19.9 Å². The van der Waals surface area contributed by atoms with Gasteiger partial charge >= 0.3 is 0 Å². The Morgan fingerprint density at radius 3 is 2.33 bits per heavy atom. The number of rotatable bonds is 6. The Kier molecular flexibility index (Phi) is 8.42. The second-order valence-electron chi connectivity index (χ2n) is 4.47. The minimum Gasteiger partial charge on any atom is -0.340 e. The molecule has 0 saturated heterocycles. The van der Waals surface area contributed by atoms with Crippen molar-refractivity contribution < 1.29 is 4.79 Å². The number of benzene rings is 1. The van der Waals surface area contributed by atoms with Crippen molar-refractivity contribution in [2.24, 2.45) is 0 Å². The van der Waals surface area contributed by atoms with Gasteiger partial charge in [0.1, 0.15) is 0 Å². The molecular weight excluding hydrogens is 248 g/mol. The number of hydrogen-bond donors (Lipinski definition) is 0. The maximum atomic E-state index is 11.9. The lowest BCUT2D eigenvalue weighted by atomic mass is 10.2. The fourth-order valence-corrected chi connectivity index (χ4v) is 1.76. The van der Waals surface area contributed by atoms with Crippen molar-refractivity contribution >= 4 is 18.3 Å². The average Bonchev–Trinajstić information content (AvgIpc) is 2.30. The van der Waals surface area contributed by atoms with E-state index in [9.17, 15) is 4.79 Å². The number of amides is 1. The van der Waals surface area contributed by atoms with Gasteiger partial charge in [-0.1, -0.05) is 37.3 Å². The zero-order valence-corrected chi connectivity index (χ0v) is 12.2. The van der Waals surface area contributed by atoms with E-state index in [1.807, 2.05) is 44.4 Å². The largest absolute Gasteiger partial charge is 0.340 e. The summed E-state index contributed by atoms with van der Waals surface area (Å²) in [6.45, 7) is 4.26. The Bertz CT molecular complexity index is 343. The number of hydrogen-bond acceptors (Lipinski definition) is 2. The summed E-state index contributed by atoms with van der Waals surface area (Å²) in [5.41, 5.74) is 1.17. The summed E-state index contributed by atoms with van der Waals surface area (Å²) in [5.74, 6) is 0.171. The molecule has 1 aromatic carbocycles. The van der Waals surface area contributed by atoms with Gasteiger partial charge in [-0.3, -0.25) is 9.69 Å². The molecule has 3 nitrogen and oxygen atoms in total. The molecule has 1 amide bonds. The smallest absolute Gasteiger partial charge is 0.236 e. The lowest BCUT2D eigenvalue weighted by Gasteiger charge is -2.21. The normalized spacial score (nSPS) is 10.0. The van der Waals surface area contributed by atoms with Crippen molar-refractivity contribution in [1.82, 2.24) is 9.80 Å². The SMILES string of the molecule is CCCN(C)CC(=O)N(C)Cc1ccccc1.Cl. The monoisotopic (exact) mass is 270 g/mol. The Morgan fingerprint density at radius 1 is 1.17 bits per heavy atom.